The molecule has 1 aromatic rings. The molecule has 0 radical (unpaired) electrons. The van der Waals surface area contributed by atoms with E-state index in [4.69, 9.17) is 4.74 Å². The predicted octanol–water partition coefficient (Wildman–Crippen LogP) is 1.71. The van der Waals surface area contributed by atoms with Crippen molar-refractivity contribution in [2.24, 2.45) is 5.10 Å². The summed E-state index contributed by atoms with van der Waals surface area (Å²) in [7, 11) is 3.19. The number of morpholine rings is 1. The van der Waals surface area contributed by atoms with Gasteiger partial charge in [-0.15, -0.1) is 0 Å². The summed E-state index contributed by atoms with van der Waals surface area (Å²) in [6.07, 6.45) is -2.34. The van der Waals surface area contributed by atoms with Crippen LogP contribution in [0.3, 0.4) is 0 Å². The molecule has 2 rings (SSSR count). The number of hydrogen-bond acceptors (Lipinski definition) is 8. The van der Waals surface area contributed by atoms with Crippen LogP contribution < -0.4 is 10.6 Å². The molecule has 0 atom stereocenters. The van der Waals surface area contributed by atoms with Gasteiger partial charge in [-0.25, -0.2) is 4.98 Å². The topological polar surface area (TPSA) is 77.9 Å². The molecule has 0 unspecified atom stereocenters. The molecule has 1 fully saturated rings. The molecule has 2 N–H and O–H groups in total. The highest BCUT2D eigenvalue weighted by Crippen LogP contribution is 2.33. The largest absolute Gasteiger partial charge is 0.421 e. The fourth-order valence-electron chi connectivity index (χ4n) is 2.35. The average Bonchev–Trinajstić information content (AvgIpc) is 2.64. The van der Waals surface area contributed by atoms with Crippen molar-refractivity contribution in [3.05, 3.63) is 24.0 Å². The number of anilines is 2. The first-order chi connectivity index (χ1) is 12.8. The number of hydrogen-bond donors (Lipinski definition) is 2. The van der Waals surface area contributed by atoms with Crippen molar-refractivity contribution in [2.75, 3.05) is 64.1 Å². The first-order valence-corrected chi connectivity index (χ1v) is 8.42. The van der Waals surface area contributed by atoms with Gasteiger partial charge in [-0.1, -0.05) is 6.58 Å². The number of aromatic nitrogens is 2. The van der Waals surface area contributed by atoms with E-state index in [1.54, 1.807) is 5.01 Å². The van der Waals surface area contributed by atoms with E-state index in [-0.39, 0.29) is 11.8 Å². The summed E-state index contributed by atoms with van der Waals surface area (Å²) < 4.78 is 43.9. The number of nitrogens with one attached hydrogen (secondary N) is 2. The van der Waals surface area contributed by atoms with Crippen molar-refractivity contribution >= 4 is 18.0 Å². The van der Waals surface area contributed by atoms with E-state index >= 15 is 0 Å². The molecule has 27 heavy (non-hydrogen) atoms. The predicted molar refractivity (Wildman–Crippen MR) is 97.7 cm³/mol. The molecular formula is C16H24F3N7O. The Labute approximate surface area is 156 Å². The molecule has 2 heterocycles. The van der Waals surface area contributed by atoms with Crippen LogP contribution in [0.4, 0.5) is 24.9 Å². The van der Waals surface area contributed by atoms with E-state index in [0.717, 1.165) is 45.6 Å². The molecule has 0 aromatic carbocycles. The smallest absolute Gasteiger partial charge is 0.379 e. The lowest BCUT2D eigenvalue weighted by molar-refractivity contribution is -0.137. The van der Waals surface area contributed by atoms with Gasteiger partial charge in [0, 0.05) is 46.5 Å². The van der Waals surface area contributed by atoms with E-state index in [0.29, 0.717) is 5.70 Å². The van der Waals surface area contributed by atoms with Gasteiger partial charge in [-0.05, 0) is 0 Å². The van der Waals surface area contributed by atoms with Crippen LogP contribution in [0.25, 0.3) is 0 Å². The highest BCUT2D eigenvalue weighted by molar-refractivity contribution is 5.81. The molecule has 1 aromatic heterocycles. The van der Waals surface area contributed by atoms with Gasteiger partial charge in [0.05, 0.1) is 25.1 Å². The SMILES string of the molecule is C=C(/C=N\N(C)CCN1CCOCC1)Nc1ncc(C(F)(F)F)c(NC)n1. The van der Waals surface area contributed by atoms with Crippen LogP contribution >= 0.6 is 0 Å². The van der Waals surface area contributed by atoms with Crippen LogP contribution in [0.5, 0.6) is 0 Å². The van der Waals surface area contributed by atoms with Crippen LogP contribution in [0.1, 0.15) is 5.56 Å². The van der Waals surface area contributed by atoms with Gasteiger partial charge in [0.1, 0.15) is 11.4 Å². The maximum atomic E-state index is 12.9. The van der Waals surface area contributed by atoms with Crippen LogP contribution in [0.2, 0.25) is 0 Å². The Kier molecular flexibility index (Phi) is 7.36. The highest BCUT2D eigenvalue weighted by Gasteiger charge is 2.35. The molecule has 1 aliphatic rings. The number of allylic oxidation sites excluding steroid dienone is 1. The lowest BCUT2D eigenvalue weighted by Crippen LogP contribution is -2.39. The second-order valence-electron chi connectivity index (χ2n) is 5.93. The van der Waals surface area contributed by atoms with Crippen LogP contribution in [-0.2, 0) is 10.9 Å². The van der Waals surface area contributed by atoms with E-state index in [9.17, 15) is 13.2 Å². The summed E-state index contributed by atoms with van der Waals surface area (Å²) in [6, 6.07) is 0. The second kappa shape index (κ2) is 9.51. The van der Waals surface area contributed by atoms with E-state index in [2.05, 4.69) is 37.2 Å². The maximum absolute atomic E-state index is 12.9. The minimum Gasteiger partial charge on any atom is -0.379 e. The van der Waals surface area contributed by atoms with Gasteiger partial charge in [-0.2, -0.15) is 23.3 Å². The number of halogens is 3. The van der Waals surface area contributed by atoms with Gasteiger partial charge in [0.2, 0.25) is 5.95 Å². The third-order valence-corrected chi connectivity index (χ3v) is 3.86. The molecule has 150 valence electrons. The van der Waals surface area contributed by atoms with Crippen LogP contribution in [0, 0.1) is 0 Å². The molecular weight excluding hydrogens is 363 g/mol. The summed E-state index contributed by atoms with van der Waals surface area (Å²) in [5, 5.41) is 11.1. The zero-order valence-electron chi connectivity index (χ0n) is 15.4. The minimum absolute atomic E-state index is 0.000213. The summed E-state index contributed by atoms with van der Waals surface area (Å²) in [6.45, 7) is 8.66. The Morgan fingerprint density at radius 1 is 1.44 bits per heavy atom. The summed E-state index contributed by atoms with van der Waals surface area (Å²) in [5.74, 6) is -0.313. The number of ether oxygens (including phenoxy) is 1. The molecule has 8 nitrogen and oxygen atoms in total. The van der Waals surface area contributed by atoms with Crippen molar-refractivity contribution in [1.82, 2.24) is 19.9 Å². The second-order valence-corrected chi connectivity index (χ2v) is 5.93. The molecule has 1 saturated heterocycles. The molecule has 11 heteroatoms. The number of rotatable bonds is 8. The minimum atomic E-state index is -4.53. The van der Waals surface area contributed by atoms with Gasteiger partial charge in [-0.3, -0.25) is 9.91 Å². The van der Waals surface area contributed by atoms with E-state index in [1.165, 1.54) is 13.3 Å². The highest BCUT2D eigenvalue weighted by atomic mass is 19.4. The zero-order chi connectivity index (χ0) is 19.9. The number of alkyl halides is 3. The van der Waals surface area contributed by atoms with Crippen molar-refractivity contribution in [2.45, 2.75) is 6.18 Å². The maximum Gasteiger partial charge on any atom is 0.421 e. The summed E-state index contributed by atoms with van der Waals surface area (Å²) in [4.78, 5) is 9.79. The molecule has 0 aliphatic carbocycles. The lowest BCUT2D eigenvalue weighted by atomic mass is 10.3. The average molecular weight is 387 g/mol. The normalized spacial score (nSPS) is 15.7. The first-order valence-electron chi connectivity index (χ1n) is 8.42. The van der Waals surface area contributed by atoms with E-state index in [1.807, 2.05) is 7.05 Å². The molecule has 1 aliphatic heterocycles. The molecule has 0 amide bonds. The van der Waals surface area contributed by atoms with E-state index < -0.39 is 11.7 Å². The first kappa shape index (κ1) is 20.9. The van der Waals surface area contributed by atoms with Gasteiger partial charge in [0.25, 0.3) is 0 Å². The standard InChI is InChI=1S/C16H24F3N7O/c1-12(10-22-25(3)4-5-26-6-8-27-9-7-26)23-15-21-11-13(16(17,18)19)14(20-2)24-15/h10-11H,1,4-9H2,2-3H3,(H2,20,21,23,24)/b22-10-. The fraction of sp³-hybridized carbons (Fsp3) is 0.562. The van der Waals surface area contributed by atoms with Crippen molar-refractivity contribution in [3.8, 4) is 0 Å². The quantitative estimate of drug-likeness (QED) is 0.519. The van der Waals surface area contributed by atoms with Crippen molar-refractivity contribution in [1.29, 1.82) is 0 Å². The molecule has 0 spiro atoms. The Balaban J connectivity index is 1.86. The number of hydrazone groups is 1. The van der Waals surface area contributed by atoms with Crippen LogP contribution in [0.15, 0.2) is 23.6 Å². The van der Waals surface area contributed by atoms with Gasteiger partial charge in [0.15, 0.2) is 0 Å². The Morgan fingerprint density at radius 3 is 2.78 bits per heavy atom. The third-order valence-electron chi connectivity index (χ3n) is 3.86. The van der Waals surface area contributed by atoms with Gasteiger partial charge >= 0.3 is 6.18 Å². The Bertz CT molecular complexity index is 660. The molecule has 0 bridgehead atoms. The lowest BCUT2D eigenvalue weighted by Gasteiger charge is -2.27. The third kappa shape index (κ3) is 6.68. The van der Waals surface area contributed by atoms with Crippen LogP contribution in [-0.4, -0.2) is 79.6 Å². The fourth-order valence-corrected chi connectivity index (χ4v) is 2.35. The zero-order valence-corrected chi connectivity index (χ0v) is 15.4. The van der Waals surface area contributed by atoms with Crippen molar-refractivity contribution in [3.63, 3.8) is 0 Å². The Morgan fingerprint density at radius 2 is 2.15 bits per heavy atom. The Hall–Kier alpha value is -2.40. The van der Waals surface area contributed by atoms with Crippen molar-refractivity contribution < 1.29 is 17.9 Å². The summed E-state index contributed by atoms with van der Waals surface area (Å²) >= 11 is 0. The monoisotopic (exact) mass is 387 g/mol. The number of nitrogens with zero attached hydrogens (tertiary/aromatic N) is 5. The number of likely N-dealkylation sites (N-methyl/N-ethyl adjacent to an activating group) is 1. The summed E-state index contributed by atoms with van der Waals surface area (Å²) in [5.41, 5.74) is -0.576. The van der Waals surface area contributed by atoms with Gasteiger partial charge < -0.3 is 15.4 Å². The molecule has 0 saturated carbocycles.